The number of ether oxygens (including phenoxy) is 1. The van der Waals surface area contributed by atoms with Crippen LogP contribution in [-0.2, 0) is 32.5 Å². The van der Waals surface area contributed by atoms with E-state index in [0.29, 0.717) is 0 Å². The van der Waals surface area contributed by atoms with E-state index >= 15 is 4.39 Å². The van der Waals surface area contributed by atoms with E-state index in [1.807, 2.05) is 0 Å². The Bertz CT molecular complexity index is 1330. The number of carbonyl (C=O) groups excluding carboxylic acids is 2. The lowest BCUT2D eigenvalue weighted by molar-refractivity contribution is -0.120. The van der Waals surface area contributed by atoms with E-state index in [2.05, 4.69) is 15.0 Å². The smallest absolute Gasteiger partial charge is 0.395 e. The molecule has 3 heterocycles. The van der Waals surface area contributed by atoms with Crippen LogP contribution in [0.4, 0.5) is 10.2 Å². The fourth-order valence-corrected chi connectivity index (χ4v) is 6.74. The Morgan fingerprint density at radius 3 is 2.16 bits per heavy atom. The van der Waals surface area contributed by atoms with Gasteiger partial charge in [0.1, 0.15) is 17.7 Å². The van der Waals surface area contributed by atoms with Crippen molar-refractivity contribution in [2.24, 2.45) is 10.8 Å². The topological polar surface area (TPSA) is 218 Å². The van der Waals surface area contributed by atoms with Crippen LogP contribution in [0.5, 0.6) is 0 Å². The molecule has 1 saturated heterocycles. The van der Waals surface area contributed by atoms with Gasteiger partial charge in [-0.15, -0.1) is 0 Å². The van der Waals surface area contributed by atoms with Crippen LogP contribution in [0.2, 0.25) is 5.28 Å². The number of fused-ring (bicyclic) bond motifs is 1. The number of hydrogen-bond donors (Lipinski definition) is 4. The first-order chi connectivity index (χ1) is 20.5. The number of rotatable bonds is 16. The average molecular weight is 704 g/mol. The number of nitrogens with zero attached hydrogens (tertiary/aromatic N) is 4. The zero-order chi connectivity index (χ0) is 32.9. The lowest BCUT2D eigenvalue weighted by Crippen LogP contribution is -2.31. The Labute approximate surface area is 266 Å². The van der Waals surface area contributed by atoms with Gasteiger partial charge in [-0.05, 0) is 39.3 Å². The van der Waals surface area contributed by atoms with E-state index in [0.717, 1.165) is 23.5 Å². The highest BCUT2D eigenvalue weighted by Crippen LogP contribution is 2.50. The molecule has 0 saturated carbocycles. The molecule has 5 N–H and O–H groups in total. The maximum atomic E-state index is 15.2. The number of phosphoric ester groups is 1. The second kappa shape index (κ2) is 15.4. The van der Waals surface area contributed by atoms with E-state index in [1.165, 1.54) is 10.9 Å². The molecule has 1 aliphatic heterocycles. The van der Waals surface area contributed by atoms with E-state index < -0.39 is 49.9 Å². The van der Waals surface area contributed by atoms with Gasteiger partial charge in [-0.25, -0.2) is 13.9 Å². The van der Waals surface area contributed by atoms with Gasteiger partial charge in [0, 0.05) is 11.5 Å². The van der Waals surface area contributed by atoms with Crippen LogP contribution < -0.4 is 5.73 Å². The fourth-order valence-electron chi connectivity index (χ4n) is 3.53. The van der Waals surface area contributed by atoms with Crippen LogP contribution in [0.1, 0.15) is 33.9 Å². The zero-order valence-electron chi connectivity index (χ0n) is 24.4. The van der Waals surface area contributed by atoms with E-state index in [9.17, 15) is 29.5 Å². The number of alkyl halides is 1. The van der Waals surface area contributed by atoms with Crippen molar-refractivity contribution in [3.8, 4) is 0 Å². The number of nitrogen functional groups attached to an aromatic ring is 1. The van der Waals surface area contributed by atoms with Crippen molar-refractivity contribution in [2.45, 2.75) is 52.3 Å². The van der Waals surface area contributed by atoms with Gasteiger partial charge in [0.05, 0.1) is 50.2 Å². The molecular weight excluding hydrogens is 668 g/mol. The number of aliphatic hydroxyl groups is 3. The first kappa shape index (κ1) is 37.0. The van der Waals surface area contributed by atoms with Gasteiger partial charge in [-0.3, -0.25) is 27.7 Å². The third-order valence-corrected chi connectivity index (χ3v) is 10.4. The van der Waals surface area contributed by atoms with Gasteiger partial charge < -0.3 is 25.8 Å². The number of halogens is 2. The Morgan fingerprint density at radius 2 is 1.64 bits per heavy atom. The van der Waals surface area contributed by atoms with Crippen LogP contribution in [0, 0.1) is 10.8 Å². The van der Waals surface area contributed by atoms with Crippen LogP contribution in [0.3, 0.4) is 0 Å². The lowest BCUT2D eigenvalue weighted by Gasteiger charge is -2.22. The summed E-state index contributed by atoms with van der Waals surface area (Å²) in [4.78, 5) is 36.4. The standard InChI is InChI=1S/C24H36ClFN5O10PS2/c1-23(2,10-32)20(35)43-7-5-38-42(37,39-6-8-44-21(36)24(3,4)11-33)40-9-13-16(34)14(26)19(41-13)31-12-28-15-17(27)29-22(25)30-18(15)31/h12-14,16,19,32-34H,5-11H2,1-4H3,(H2,27,29,30)/t13-,14-,16?,19+/m1/s1. The van der Waals surface area contributed by atoms with Gasteiger partial charge in [0.25, 0.3) is 0 Å². The molecule has 20 heteroatoms. The first-order valence-corrected chi connectivity index (χ1v) is 17.1. The summed E-state index contributed by atoms with van der Waals surface area (Å²) < 4.78 is 51.7. The summed E-state index contributed by atoms with van der Waals surface area (Å²) in [5, 5.41) is 28.5. The SMILES string of the molecule is CC(C)(CO)C(=O)SCCOP(=O)(OCCSC(=O)C(C)(C)CO)OC[C@H]1O[C@H](n2cnc3c(N)nc(Cl)nc32)[C@H](F)C1O. The third kappa shape index (κ3) is 9.09. The molecule has 0 radical (unpaired) electrons. The predicted molar refractivity (Wildman–Crippen MR) is 162 cm³/mol. The molecule has 0 aliphatic carbocycles. The van der Waals surface area contributed by atoms with E-state index in [4.69, 9.17) is 35.6 Å². The summed E-state index contributed by atoms with van der Waals surface area (Å²) in [7, 11) is -4.40. The fraction of sp³-hybridized carbons (Fsp3) is 0.708. The molecule has 0 amide bonds. The van der Waals surface area contributed by atoms with Crippen LogP contribution in [-0.4, -0.2) is 108 Å². The van der Waals surface area contributed by atoms with Crippen molar-refractivity contribution in [3.63, 3.8) is 0 Å². The molecule has 248 valence electrons. The molecule has 3 rings (SSSR count). The van der Waals surface area contributed by atoms with Crippen LogP contribution >= 0.6 is 42.9 Å². The lowest BCUT2D eigenvalue weighted by atomic mass is 9.97. The summed E-state index contributed by atoms with van der Waals surface area (Å²) in [5.41, 5.74) is 4.03. The monoisotopic (exact) mass is 703 g/mol. The largest absolute Gasteiger partial charge is 0.474 e. The van der Waals surface area contributed by atoms with Gasteiger partial charge in [0.2, 0.25) is 5.28 Å². The predicted octanol–water partition coefficient (Wildman–Crippen LogP) is 2.37. The summed E-state index contributed by atoms with van der Waals surface area (Å²) in [6, 6.07) is 0. The maximum Gasteiger partial charge on any atom is 0.474 e. The third-order valence-electron chi connectivity index (χ3n) is 6.41. The number of phosphoric acid groups is 1. The van der Waals surface area contributed by atoms with Crippen LogP contribution in [0.15, 0.2) is 6.33 Å². The van der Waals surface area contributed by atoms with Crippen LogP contribution in [0.25, 0.3) is 11.2 Å². The molecule has 1 fully saturated rings. The molecule has 0 spiro atoms. The molecule has 0 aromatic carbocycles. The Morgan fingerprint density at radius 1 is 1.09 bits per heavy atom. The second-order valence-electron chi connectivity index (χ2n) is 11.0. The Kier molecular flexibility index (Phi) is 13.0. The molecule has 4 atom stereocenters. The number of nitrogens with two attached hydrogens (primary N) is 1. The number of carbonyl (C=O) groups is 2. The highest BCUT2D eigenvalue weighted by atomic mass is 35.5. The quantitative estimate of drug-likeness (QED) is 0.112. The second-order valence-corrected chi connectivity index (χ2v) is 15.1. The molecule has 15 nitrogen and oxygen atoms in total. The minimum Gasteiger partial charge on any atom is -0.395 e. The summed E-state index contributed by atoms with van der Waals surface area (Å²) >= 11 is 7.59. The zero-order valence-corrected chi connectivity index (χ0v) is 27.7. The van der Waals surface area contributed by atoms with Crippen molar-refractivity contribution in [1.29, 1.82) is 0 Å². The molecule has 44 heavy (non-hydrogen) atoms. The summed E-state index contributed by atoms with van der Waals surface area (Å²) in [6.07, 6.45) is -5.30. The molecule has 0 bridgehead atoms. The number of imidazole rings is 1. The van der Waals surface area contributed by atoms with Gasteiger partial charge in [-0.1, -0.05) is 23.5 Å². The van der Waals surface area contributed by atoms with E-state index in [1.54, 1.807) is 27.7 Å². The number of anilines is 1. The summed E-state index contributed by atoms with van der Waals surface area (Å²) in [6.45, 7) is 4.36. The molecule has 2 aromatic rings. The number of aliphatic hydroxyl groups excluding tert-OH is 3. The average Bonchev–Trinajstić information content (AvgIpc) is 3.52. The molecule has 1 aliphatic rings. The van der Waals surface area contributed by atoms with Gasteiger partial charge in [-0.2, -0.15) is 9.97 Å². The van der Waals surface area contributed by atoms with Crippen molar-refractivity contribution < 1.29 is 52.2 Å². The van der Waals surface area contributed by atoms with Crippen molar-refractivity contribution in [2.75, 3.05) is 50.3 Å². The first-order valence-electron chi connectivity index (χ1n) is 13.3. The van der Waals surface area contributed by atoms with Crippen molar-refractivity contribution in [1.82, 2.24) is 19.5 Å². The maximum absolute atomic E-state index is 15.2. The minimum absolute atomic E-state index is 0.0370. The molecule has 1 unspecified atom stereocenters. The van der Waals surface area contributed by atoms with Gasteiger partial charge in [0.15, 0.2) is 34.1 Å². The Balaban J connectivity index is 1.66. The summed E-state index contributed by atoms with van der Waals surface area (Å²) in [5.74, 6) is 0.0346. The molecule has 2 aromatic heterocycles. The van der Waals surface area contributed by atoms with Crippen molar-refractivity contribution in [3.05, 3.63) is 11.6 Å². The normalized spacial score (nSPS) is 21.3. The number of thioether (sulfide) groups is 2. The highest BCUT2D eigenvalue weighted by Gasteiger charge is 2.47. The van der Waals surface area contributed by atoms with Gasteiger partial charge >= 0.3 is 7.82 Å². The minimum atomic E-state index is -4.40. The van der Waals surface area contributed by atoms with Crippen molar-refractivity contribution >= 4 is 70.2 Å². The number of hydrogen-bond acceptors (Lipinski definition) is 16. The van der Waals surface area contributed by atoms with E-state index in [-0.39, 0.29) is 70.4 Å². The number of aromatic nitrogens is 4. The molecular formula is C24H36ClFN5O10PS2. The highest BCUT2D eigenvalue weighted by molar-refractivity contribution is 8.14. The Hall–Kier alpha value is -1.44.